The summed E-state index contributed by atoms with van der Waals surface area (Å²) < 4.78 is 0. The standard InChI is InChI=1S/C8H6Cl2N4/c9-6-2-1-5(7(10)4-6)3-8-11-13-14-12-8/h1-2,4H,3H2,(H,11,12,13,14). The van der Waals surface area contributed by atoms with Gasteiger partial charge >= 0.3 is 0 Å². The van der Waals surface area contributed by atoms with Gasteiger partial charge in [-0.2, -0.15) is 5.21 Å². The van der Waals surface area contributed by atoms with Crippen LogP contribution in [0.15, 0.2) is 18.2 Å². The van der Waals surface area contributed by atoms with Crippen LogP contribution in [0.25, 0.3) is 0 Å². The molecule has 2 rings (SSSR count). The lowest BCUT2D eigenvalue weighted by Crippen LogP contribution is -1.92. The van der Waals surface area contributed by atoms with Gasteiger partial charge < -0.3 is 0 Å². The first-order chi connectivity index (χ1) is 6.75. The monoisotopic (exact) mass is 228 g/mol. The van der Waals surface area contributed by atoms with E-state index in [1.165, 1.54) is 0 Å². The highest BCUT2D eigenvalue weighted by Gasteiger charge is 2.05. The Bertz CT molecular complexity index is 427. The van der Waals surface area contributed by atoms with Crippen LogP contribution in [0.5, 0.6) is 0 Å². The minimum absolute atomic E-state index is 0.548. The number of nitrogens with one attached hydrogen (secondary N) is 1. The van der Waals surface area contributed by atoms with E-state index in [9.17, 15) is 0 Å². The van der Waals surface area contributed by atoms with Gasteiger partial charge in [0.2, 0.25) is 0 Å². The zero-order valence-corrected chi connectivity index (χ0v) is 8.55. The molecule has 0 aliphatic carbocycles. The molecule has 1 aromatic heterocycles. The maximum Gasteiger partial charge on any atom is 0.178 e. The molecular formula is C8H6Cl2N4. The molecule has 0 bridgehead atoms. The Hall–Kier alpha value is -1.13. The summed E-state index contributed by atoms with van der Waals surface area (Å²) in [5, 5.41) is 14.7. The zero-order chi connectivity index (χ0) is 9.97. The summed E-state index contributed by atoms with van der Waals surface area (Å²) in [5.41, 5.74) is 0.928. The van der Waals surface area contributed by atoms with Crippen LogP contribution in [-0.4, -0.2) is 20.6 Å². The van der Waals surface area contributed by atoms with Crippen LogP contribution >= 0.6 is 23.2 Å². The number of nitrogens with zero attached hydrogens (tertiary/aromatic N) is 3. The number of rotatable bonds is 2. The number of tetrazole rings is 1. The van der Waals surface area contributed by atoms with Gasteiger partial charge in [-0.25, -0.2) is 0 Å². The molecule has 1 N–H and O–H groups in total. The first kappa shape index (κ1) is 9.43. The Morgan fingerprint density at radius 2 is 2.14 bits per heavy atom. The van der Waals surface area contributed by atoms with Crippen LogP contribution in [0.3, 0.4) is 0 Å². The Balaban J connectivity index is 2.25. The first-order valence-electron chi connectivity index (χ1n) is 3.92. The van der Waals surface area contributed by atoms with E-state index in [4.69, 9.17) is 23.2 Å². The molecular weight excluding hydrogens is 223 g/mol. The number of aromatic nitrogens is 4. The highest BCUT2D eigenvalue weighted by atomic mass is 35.5. The second-order valence-corrected chi connectivity index (χ2v) is 3.58. The second-order valence-electron chi connectivity index (χ2n) is 2.74. The fourth-order valence-corrected chi connectivity index (χ4v) is 1.57. The number of halogens is 2. The summed E-state index contributed by atoms with van der Waals surface area (Å²) >= 11 is 11.7. The van der Waals surface area contributed by atoms with Crippen molar-refractivity contribution < 1.29 is 0 Å². The van der Waals surface area contributed by atoms with Crippen LogP contribution in [0.1, 0.15) is 11.4 Å². The summed E-state index contributed by atoms with van der Waals surface area (Å²) in [6.07, 6.45) is 0.548. The molecule has 0 unspecified atom stereocenters. The van der Waals surface area contributed by atoms with Gasteiger partial charge in [0.1, 0.15) is 0 Å². The zero-order valence-electron chi connectivity index (χ0n) is 7.04. The molecule has 0 aliphatic rings. The van der Waals surface area contributed by atoms with Gasteiger partial charge in [-0.15, -0.1) is 10.2 Å². The van der Waals surface area contributed by atoms with Crippen molar-refractivity contribution in [2.24, 2.45) is 0 Å². The smallest absolute Gasteiger partial charge is 0.177 e. The fourth-order valence-electron chi connectivity index (χ4n) is 1.09. The molecule has 2 aromatic rings. The van der Waals surface area contributed by atoms with E-state index >= 15 is 0 Å². The molecule has 0 saturated heterocycles. The van der Waals surface area contributed by atoms with E-state index in [-0.39, 0.29) is 0 Å². The Morgan fingerprint density at radius 1 is 1.29 bits per heavy atom. The number of hydrogen-bond donors (Lipinski definition) is 1. The number of H-pyrrole nitrogens is 1. The fraction of sp³-hybridized carbons (Fsp3) is 0.125. The van der Waals surface area contributed by atoms with Gasteiger partial charge in [0.15, 0.2) is 5.82 Å². The third-order valence-electron chi connectivity index (χ3n) is 1.75. The minimum Gasteiger partial charge on any atom is -0.177 e. The van der Waals surface area contributed by atoms with Gasteiger partial charge in [0.25, 0.3) is 0 Å². The van der Waals surface area contributed by atoms with Crippen molar-refractivity contribution in [3.63, 3.8) is 0 Å². The van der Waals surface area contributed by atoms with Crippen LogP contribution in [-0.2, 0) is 6.42 Å². The molecule has 0 amide bonds. The molecule has 6 heteroatoms. The second kappa shape index (κ2) is 3.94. The predicted octanol–water partition coefficient (Wildman–Crippen LogP) is 2.10. The van der Waals surface area contributed by atoms with Crippen LogP contribution in [0, 0.1) is 0 Å². The Kier molecular flexibility index (Phi) is 2.65. The Labute approximate surface area is 90.2 Å². The summed E-state index contributed by atoms with van der Waals surface area (Å²) in [6.45, 7) is 0. The summed E-state index contributed by atoms with van der Waals surface area (Å²) in [4.78, 5) is 0. The average Bonchev–Trinajstić information content (AvgIpc) is 2.62. The third-order valence-corrected chi connectivity index (χ3v) is 2.34. The van der Waals surface area contributed by atoms with Gasteiger partial charge in [0.05, 0.1) is 0 Å². The van der Waals surface area contributed by atoms with E-state index in [2.05, 4.69) is 20.6 Å². The molecule has 0 spiro atoms. The van der Waals surface area contributed by atoms with Crippen molar-refractivity contribution in [2.75, 3.05) is 0 Å². The van der Waals surface area contributed by atoms with Gasteiger partial charge in [0, 0.05) is 16.5 Å². The molecule has 4 nitrogen and oxygen atoms in total. The summed E-state index contributed by atoms with van der Waals surface area (Å²) in [6, 6.07) is 5.32. The van der Waals surface area contributed by atoms with E-state index < -0.39 is 0 Å². The minimum atomic E-state index is 0.548. The molecule has 0 saturated carbocycles. The highest BCUT2D eigenvalue weighted by Crippen LogP contribution is 2.22. The van der Waals surface area contributed by atoms with Crippen LogP contribution < -0.4 is 0 Å². The topological polar surface area (TPSA) is 54.5 Å². The molecule has 1 heterocycles. The molecule has 72 valence electrons. The maximum atomic E-state index is 5.98. The molecule has 0 fully saturated rings. The first-order valence-corrected chi connectivity index (χ1v) is 4.67. The van der Waals surface area contributed by atoms with Crippen LogP contribution in [0.4, 0.5) is 0 Å². The number of benzene rings is 1. The normalized spacial score (nSPS) is 10.4. The maximum absolute atomic E-state index is 5.98. The van der Waals surface area contributed by atoms with E-state index in [1.54, 1.807) is 12.1 Å². The van der Waals surface area contributed by atoms with Gasteiger partial charge in [-0.05, 0) is 17.7 Å². The highest BCUT2D eigenvalue weighted by molar-refractivity contribution is 6.35. The molecule has 1 aromatic carbocycles. The molecule has 14 heavy (non-hydrogen) atoms. The molecule has 0 atom stereocenters. The quantitative estimate of drug-likeness (QED) is 0.857. The van der Waals surface area contributed by atoms with Gasteiger partial charge in [-0.3, -0.25) is 0 Å². The van der Waals surface area contributed by atoms with Crippen molar-refractivity contribution in [2.45, 2.75) is 6.42 Å². The lowest BCUT2D eigenvalue weighted by Gasteiger charge is -2.00. The largest absolute Gasteiger partial charge is 0.178 e. The van der Waals surface area contributed by atoms with Crippen molar-refractivity contribution in [3.05, 3.63) is 39.6 Å². The lowest BCUT2D eigenvalue weighted by molar-refractivity contribution is 0.881. The third kappa shape index (κ3) is 2.02. The lowest BCUT2D eigenvalue weighted by atomic mass is 10.1. The van der Waals surface area contributed by atoms with Crippen molar-refractivity contribution >= 4 is 23.2 Å². The van der Waals surface area contributed by atoms with Crippen molar-refractivity contribution in [1.82, 2.24) is 20.6 Å². The van der Waals surface area contributed by atoms with E-state index in [0.29, 0.717) is 22.3 Å². The predicted molar refractivity (Wildman–Crippen MR) is 53.4 cm³/mol. The van der Waals surface area contributed by atoms with Crippen molar-refractivity contribution in [1.29, 1.82) is 0 Å². The summed E-state index contributed by atoms with van der Waals surface area (Å²) in [7, 11) is 0. The average molecular weight is 229 g/mol. The number of hydrogen-bond acceptors (Lipinski definition) is 3. The number of aromatic amines is 1. The van der Waals surface area contributed by atoms with Gasteiger partial charge in [-0.1, -0.05) is 34.5 Å². The molecule has 0 radical (unpaired) electrons. The van der Waals surface area contributed by atoms with E-state index in [0.717, 1.165) is 5.56 Å². The van der Waals surface area contributed by atoms with Crippen LogP contribution in [0.2, 0.25) is 10.0 Å². The summed E-state index contributed by atoms with van der Waals surface area (Å²) in [5.74, 6) is 0.606. The Morgan fingerprint density at radius 3 is 2.79 bits per heavy atom. The SMILES string of the molecule is Clc1ccc(Cc2nn[nH]n2)c(Cl)c1. The molecule has 0 aliphatic heterocycles. The van der Waals surface area contributed by atoms with Crippen molar-refractivity contribution in [3.8, 4) is 0 Å². The van der Waals surface area contributed by atoms with E-state index in [1.807, 2.05) is 6.07 Å².